The molecule has 3 fully saturated rings. The molecule has 1 aliphatic carbocycles. The van der Waals surface area contributed by atoms with Gasteiger partial charge in [-0.3, -0.25) is 4.98 Å². The van der Waals surface area contributed by atoms with Crippen molar-refractivity contribution in [1.29, 1.82) is 0 Å². The fourth-order valence-electron chi connectivity index (χ4n) is 5.78. The number of carbonyl (C=O) groups is 1. The summed E-state index contributed by atoms with van der Waals surface area (Å²) in [6.45, 7) is 5.79. The molecule has 0 N–H and O–H groups in total. The number of rotatable bonds is 4. The molecule has 1 aromatic carbocycles. The molecule has 1 amide bonds. The first kappa shape index (κ1) is 22.5. The second-order valence-electron chi connectivity index (χ2n) is 10.9. The van der Waals surface area contributed by atoms with E-state index in [0.717, 1.165) is 67.9 Å². The molecule has 1 saturated carbocycles. The van der Waals surface area contributed by atoms with Crippen LogP contribution in [0.4, 0.5) is 4.79 Å². The number of fused-ring (bicyclic) bond motifs is 3. The second kappa shape index (κ2) is 9.13. The molecule has 1 aromatic heterocycles. The highest BCUT2D eigenvalue weighted by molar-refractivity contribution is 5.87. The summed E-state index contributed by atoms with van der Waals surface area (Å²) >= 11 is 0. The fraction of sp³-hybridized carbons (Fsp3) is 0.630. The van der Waals surface area contributed by atoms with Crippen LogP contribution in [-0.4, -0.2) is 52.0 Å². The molecule has 5 rings (SSSR count). The molecule has 2 atom stereocenters. The summed E-state index contributed by atoms with van der Waals surface area (Å²) in [5.41, 5.74) is -0.451. The van der Waals surface area contributed by atoms with Gasteiger partial charge in [-0.15, -0.1) is 0 Å². The summed E-state index contributed by atoms with van der Waals surface area (Å²) in [5.74, 6) is 0.927. The molecule has 2 aliphatic heterocycles. The molecule has 6 nitrogen and oxygen atoms in total. The Bertz CT molecular complexity index is 960. The van der Waals surface area contributed by atoms with Crippen molar-refractivity contribution in [2.45, 2.75) is 108 Å². The predicted molar refractivity (Wildman–Crippen MR) is 127 cm³/mol. The summed E-state index contributed by atoms with van der Waals surface area (Å²) in [6.07, 6.45) is 12.3. The van der Waals surface area contributed by atoms with Crippen molar-refractivity contribution in [3.63, 3.8) is 0 Å². The quantitative estimate of drug-likeness (QED) is 0.580. The molecule has 6 heteroatoms. The maximum Gasteiger partial charge on any atom is 0.410 e. The van der Waals surface area contributed by atoms with Crippen molar-refractivity contribution in [3.05, 3.63) is 36.7 Å². The fourth-order valence-corrected chi connectivity index (χ4v) is 5.78. The standard InChI is InChI=1S/C27H36N2O4/c1-27(2,3)33-26(30)29-19-7-8-20(29)16-23(15-19)31-21-9-11-22(12-10-21)32-25-6-4-5-18-13-14-28-17-24(18)25/h4-6,13-14,17,19-23H,7-12,15-16H2,1-3H3. The first-order chi connectivity index (χ1) is 15.9. The Morgan fingerprint density at radius 1 is 0.939 bits per heavy atom. The lowest BCUT2D eigenvalue weighted by Crippen LogP contribution is -2.50. The highest BCUT2D eigenvalue weighted by Gasteiger charge is 2.45. The van der Waals surface area contributed by atoms with E-state index in [1.807, 2.05) is 56.3 Å². The maximum atomic E-state index is 12.7. The van der Waals surface area contributed by atoms with Crippen LogP contribution < -0.4 is 4.74 Å². The number of pyridine rings is 1. The third-order valence-corrected chi connectivity index (χ3v) is 7.24. The number of aromatic nitrogens is 1. The smallest absolute Gasteiger partial charge is 0.410 e. The zero-order valence-corrected chi connectivity index (χ0v) is 20.0. The van der Waals surface area contributed by atoms with Gasteiger partial charge in [0.05, 0.1) is 18.3 Å². The monoisotopic (exact) mass is 452 g/mol. The van der Waals surface area contributed by atoms with Crippen LogP contribution in [0.3, 0.4) is 0 Å². The van der Waals surface area contributed by atoms with Gasteiger partial charge >= 0.3 is 6.09 Å². The van der Waals surface area contributed by atoms with Gasteiger partial charge in [-0.1, -0.05) is 12.1 Å². The Balaban J connectivity index is 1.12. The lowest BCUT2D eigenvalue weighted by Gasteiger charge is -2.41. The molecule has 2 aromatic rings. The first-order valence-corrected chi connectivity index (χ1v) is 12.5. The van der Waals surface area contributed by atoms with E-state index < -0.39 is 5.60 Å². The number of carbonyl (C=O) groups excluding carboxylic acids is 1. The van der Waals surface area contributed by atoms with Gasteiger partial charge in [-0.2, -0.15) is 0 Å². The summed E-state index contributed by atoms with van der Waals surface area (Å²) in [4.78, 5) is 18.9. The van der Waals surface area contributed by atoms with Crippen molar-refractivity contribution in [1.82, 2.24) is 9.88 Å². The molecule has 2 bridgehead atoms. The average Bonchev–Trinajstić information content (AvgIpc) is 3.05. The van der Waals surface area contributed by atoms with Gasteiger partial charge in [0.2, 0.25) is 0 Å². The number of piperidine rings is 1. The van der Waals surface area contributed by atoms with E-state index in [2.05, 4.69) is 11.1 Å². The van der Waals surface area contributed by atoms with E-state index in [4.69, 9.17) is 14.2 Å². The van der Waals surface area contributed by atoms with Gasteiger partial charge in [-0.05, 0) is 89.7 Å². The SMILES string of the molecule is CC(C)(C)OC(=O)N1C2CCC1CC(OC1CCC(Oc3cccc4ccncc34)CC1)C2. The number of benzene rings is 1. The Labute approximate surface area is 196 Å². The first-order valence-electron chi connectivity index (χ1n) is 12.5. The Hall–Kier alpha value is -2.34. The molecule has 0 spiro atoms. The lowest BCUT2D eigenvalue weighted by molar-refractivity contribution is -0.0812. The number of hydrogen-bond donors (Lipinski definition) is 0. The minimum absolute atomic E-state index is 0.158. The summed E-state index contributed by atoms with van der Waals surface area (Å²) in [6, 6.07) is 8.71. The lowest BCUT2D eigenvalue weighted by atomic mass is 9.93. The average molecular weight is 453 g/mol. The van der Waals surface area contributed by atoms with E-state index in [0.29, 0.717) is 0 Å². The summed E-state index contributed by atoms with van der Waals surface area (Å²) in [5, 5.41) is 2.23. The van der Waals surface area contributed by atoms with Crippen LogP contribution in [0.1, 0.15) is 72.1 Å². The van der Waals surface area contributed by atoms with Crippen LogP contribution in [0, 0.1) is 0 Å². The number of nitrogens with zero attached hydrogens (tertiary/aromatic N) is 2. The summed E-state index contributed by atoms with van der Waals surface area (Å²) < 4.78 is 18.6. The van der Waals surface area contributed by atoms with Gasteiger partial charge in [0.25, 0.3) is 0 Å². The van der Waals surface area contributed by atoms with Crippen LogP contribution in [0.25, 0.3) is 10.8 Å². The van der Waals surface area contributed by atoms with E-state index in [1.54, 1.807) is 0 Å². The zero-order valence-electron chi connectivity index (χ0n) is 20.0. The van der Waals surface area contributed by atoms with Crippen molar-refractivity contribution >= 4 is 16.9 Å². The van der Waals surface area contributed by atoms with Gasteiger partial charge in [0.15, 0.2) is 0 Å². The number of hydrogen-bond acceptors (Lipinski definition) is 5. The van der Waals surface area contributed by atoms with Crippen molar-refractivity contribution in [3.8, 4) is 5.75 Å². The Kier molecular flexibility index (Phi) is 6.21. The molecule has 2 saturated heterocycles. The summed E-state index contributed by atoms with van der Waals surface area (Å²) in [7, 11) is 0. The number of amides is 1. The molecule has 3 aliphatic rings. The minimum Gasteiger partial charge on any atom is -0.490 e. The molecule has 178 valence electrons. The van der Waals surface area contributed by atoms with Gasteiger partial charge < -0.3 is 19.1 Å². The highest BCUT2D eigenvalue weighted by Crippen LogP contribution is 2.39. The van der Waals surface area contributed by atoms with Crippen LogP contribution in [0.5, 0.6) is 5.75 Å². The van der Waals surface area contributed by atoms with Crippen LogP contribution in [0.15, 0.2) is 36.7 Å². The third kappa shape index (κ3) is 5.11. The largest absolute Gasteiger partial charge is 0.490 e. The normalized spacial score (nSPS) is 29.8. The van der Waals surface area contributed by atoms with Crippen molar-refractivity contribution < 1.29 is 19.0 Å². The predicted octanol–water partition coefficient (Wildman–Crippen LogP) is 5.87. The maximum absolute atomic E-state index is 12.7. The Morgan fingerprint density at radius 2 is 1.64 bits per heavy atom. The van der Waals surface area contributed by atoms with E-state index in [-0.39, 0.29) is 36.5 Å². The van der Waals surface area contributed by atoms with Crippen LogP contribution in [-0.2, 0) is 9.47 Å². The molecule has 0 radical (unpaired) electrons. The van der Waals surface area contributed by atoms with Gasteiger partial charge in [-0.25, -0.2) is 4.79 Å². The van der Waals surface area contributed by atoms with Crippen molar-refractivity contribution in [2.24, 2.45) is 0 Å². The topological polar surface area (TPSA) is 60.9 Å². The van der Waals surface area contributed by atoms with Crippen LogP contribution in [0.2, 0.25) is 0 Å². The highest BCUT2D eigenvalue weighted by atomic mass is 16.6. The number of ether oxygens (including phenoxy) is 3. The van der Waals surface area contributed by atoms with Gasteiger partial charge in [0.1, 0.15) is 11.4 Å². The second-order valence-corrected chi connectivity index (χ2v) is 10.9. The molecular formula is C27H36N2O4. The van der Waals surface area contributed by atoms with E-state index in [9.17, 15) is 4.79 Å². The third-order valence-electron chi connectivity index (χ3n) is 7.24. The Morgan fingerprint density at radius 3 is 2.33 bits per heavy atom. The van der Waals surface area contributed by atoms with Gasteiger partial charge in [0, 0.05) is 29.9 Å². The molecular weight excluding hydrogens is 416 g/mol. The molecule has 33 heavy (non-hydrogen) atoms. The van der Waals surface area contributed by atoms with Crippen LogP contribution >= 0.6 is 0 Å². The minimum atomic E-state index is -0.451. The van der Waals surface area contributed by atoms with E-state index in [1.165, 1.54) is 0 Å². The van der Waals surface area contributed by atoms with Crippen molar-refractivity contribution in [2.75, 3.05) is 0 Å². The zero-order chi connectivity index (χ0) is 23.0. The molecule has 3 heterocycles. The van der Waals surface area contributed by atoms with E-state index >= 15 is 0 Å². The molecule has 2 unspecified atom stereocenters.